The molecule has 0 spiro atoms. The van der Waals surface area contributed by atoms with Gasteiger partial charge in [0.2, 0.25) is 0 Å². The quantitative estimate of drug-likeness (QED) is 0.243. The zero-order valence-corrected chi connectivity index (χ0v) is 16.7. The first kappa shape index (κ1) is 22.0. The molecule has 0 radical (unpaired) electrons. The van der Waals surface area contributed by atoms with Crippen molar-refractivity contribution in [3.63, 3.8) is 0 Å². The van der Waals surface area contributed by atoms with Crippen LogP contribution in [0, 0.1) is 12.3 Å². The Morgan fingerprint density at radius 2 is 1.65 bits per heavy atom. The lowest BCUT2D eigenvalue weighted by Crippen LogP contribution is -2.42. The van der Waals surface area contributed by atoms with E-state index >= 15 is 0 Å². The number of ether oxygens (including phenoxy) is 3. The van der Waals surface area contributed by atoms with Gasteiger partial charge in [-0.25, -0.2) is 0 Å². The lowest BCUT2D eigenvalue weighted by molar-refractivity contribution is -0.168. The molecule has 0 saturated heterocycles. The van der Waals surface area contributed by atoms with E-state index in [9.17, 15) is 9.59 Å². The van der Waals surface area contributed by atoms with Gasteiger partial charge in [-0.3, -0.25) is 9.59 Å². The number of carbonyl (C=O) groups excluding carboxylic acids is 2. The summed E-state index contributed by atoms with van der Waals surface area (Å²) in [5, 5.41) is 0. The van der Waals surface area contributed by atoms with Gasteiger partial charge in [-0.05, 0) is 43.9 Å². The number of aryl methyl sites for hydroxylation is 1. The van der Waals surface area contributed by atoms with Crippen LogP contribution >= 0.6 is 0 Å². The van der Waals surface area contributed by atoms with Gasteiger partial charge >= 0.3 is 11.9 Å². The van der Waals surface area contributed by atoms with Crippen LogP contribution in [-0.4, -0.2) is 25.7 Å². The van der Waals surface area contributed by atoms with Crippen LogP contribution in [-0.2, 0) is 14.3 Å². The minimum absolute atomic E-state index is 0.319. The number of benzene rings is 1. The number of methoxy groups -OCH3 is 1. The minimum atomic E-state index is -1.29. The standard InChI is InChI=1S/C21H32O5/c1-6-9-10-11-14-25-19(22)21(7-2,8-3)20(23)26-18-15-16(4)12-13-17(18)24-5/h12-13,15H,6-11,14H2,1-5H3. The molecule has 0 amide bonds. The fourth-order valence-corrected chi connectivity index (χ4v) is 2.80. The van der Waals surface area contributed by atoms with Crippen LogP contribution in [0.5, 0.6) is 11.5 Å². The molecule has 146 valence electrons. The lowest BCUT2D eigenvalue weighted by Gasteiger charge is -2.27. The Labute approximate surface area is 157 Å². The van der Waals surface area contributed by atoms with Crippen molar-refractivity contribution in [2.75, 3.05) is 13.7 Å². The zero-order chi connectivity index (χ0) is 19.6. The third-order valence-corrected chi connectivity index (χ3v) is 4.74. The first-order chi connectivity index (χ1) is 12.4. The van der Waals surface area contributed by atoms with Crippen molar-refractivity contribution in [3.8, 4) is 11.5 Å². The van der Waals surface area contributed by atoms with Crippen molar-refractivity contribution in [2.24, 2.45) is 5.41 Å². The fourth-order valence-electron chi connectivity index (χ4n) is 2.80. The van der Waals surface area contributed by atoms with Crippen LogP contribution in [0.1, 0.15) is 64.9 Å². The fraction of sp³-hybridized carbons (Fsp3) is 0.619. The second-order valence-electron chi connectivity index (χ2n) is 6.53. The van der Waals surface area contributed by atoms with E-state index in [1.807, 2.05) is 13.0 Å². The second kappa shape index (κ2) is 10.8. The van der Waals surface area contributed by atoms with E-state index in [1.54, 1.807) is 26.0 Å². The van der Waals surface area contributed by atoms with E-state index < -0.39 is 17.4 Å². The third-order valence-electron chi connectivity index (χ3n) is 4.74. The Kier molecular flexibility index (Phi) is 9.17. The minimum Gasteiger partial charge on any atom is -0.493 e. The predicted octanol–water partition coefficient (Wildman–Crippen LogP) is 4.84. The summed E-state index contributed by atoms with van der Waals surface area (Å²) in [4.78, 5) is 25.5. The number of hydrogen-bond acceptors (Lipinski definition) is 5. The molecule has 5 nitrogen and oxygen atoms in total. The first-order valence-corrected chi connectivity index (χ1v) is 9.49. The van der Waals surface area contributed by atoms with Crippen molar-refractivity contribution in [1.29, 1.82) is 0 Å². The molecule has 5 heteroatoms. The molecule has 0 bridgehead atoms. The van der Waals surface area contributed by atoms with Crippen molar-refractivity contribution < 1.29 is 23.8 Å². The molecular weight excluding hydrogens is 332 g/mol. The molecule has 0 aromatic heterocycles. The van der Waals surface area contributed by atoms with Crippen molar-refractivity contribution in [2.45, 2.75) is 66.2 Å². The van der Waals surface area contributed by atoms with Crippen LogP contribution in [0.25, 0.3) is 0 Å². The summed E-state index contributed by atoms with van der Waals surface area (Å²) >= 11 is 0. The van der Waals surface area contributed by atoms with Gasteiger partial charge in [0.1, 0.15) is 0 Å². The van der Waals surface area contributed by atoms with Gasteiger partial charge in [-0.15, -0.1) is 0 Å². The molecule has 0 aliphatic heterocycles. The van der Waals surface area contributed by atoms with Crippen LogP contribution in [0.15, 0.2) is 18.2 Å². The van der Waals surface area contributed by atoms with Crippen molar-refractivity contribution in [1.82, 2.24) is 0 Å². The Bertz CT molecular complexity index is 590. The van der Waals surface area contributed by atoms with Gasteiger partial charge in [-0.2, -0.15) is 0 Å². The molecule has 0 aliphatic rings. The van der Waals surface area contributed by atoms with Crippen LogP contribution in [0.3, 0.4) is 0 Å². The predicted molar refractivity (Wildman–Crippen MR) is 101 cm³/mol. The normalized spacial score (nSPS) is 11.1. The molecule has 0 atom stereocenters. The van der Waals surface area contributed by atoms with E-state index in [0.29, 0.717) is 30.9 Å². The van der Waals surface area contributed by atoms with E-state index in [4.69, 9.17) is 14.2 Å². The monoisotopic (exact) mass is 364 g/mol. The highest BCUT2D eigenvalue weighted by Gasteiger charge is 2.46. The molecule has 26 heavy (non-hydrogen) atoms. The van der Waals surface area contributed by atoms with E-state index in [0.717, 1.165) is 31.2 Å². The van der Waals surface area contributed by atoms with Crippen LogP contribution in [0.4, 0.5) is 0 Å². The Morgan fingerprint density at radius 3 is 2.23 bits per heavy atom. The zero-order valence-electron chi connectivity index (χ0n) is 16.7. The Morgan fingerprint density at radius 1 is 0.962 bits per heavy atom. The van der Waals surface area contributed by atoms with Gasteiger partial charge in [-0.1, -0.05) is 46.1 Å². The molecule has 0 N–H and O–H groups in total. The Hall–Kier alpha value is -2.04. The molecule has 1 aromatic carbocycles. The molecule has 0 aliphatic carbocycles. The molecule has 0 fully saturated rings. The highest BCUT2D eigenvalue weighted by molar-refractivity contribution is 6.00. The van der Waals surface area contributed by atoms with Crippen molar-refractivity contribution in [3.05, 3.63) is 23.8 Å². The lowest BCUT2D eigenvalue weighted by atomic mass is 9.82. The van der Waals surface area contributed by atoms with Gasteiger partial charge in [0.25, 0.3) is 0 Å². The average molecular weight is 364 g/mol. The summed E-state index contributed by atoms with van der Waals surface area (Å²) in [6.45, 7) is 7.96. The topological polar surface area (TPSA) is 61.8 Å². The SMILES string of the molecule is CCCCCCOC(=O)C(CC)(CC)C(=O)Oc1cc(C)ccc1OC. The van der Waals surface area contributed by atoms with Gasteiger partial charge < -0.3 is 14.2 Å². The smallest absolute Gasteiger partial charge is 0.328 e. The molecule has 0 unspecified atom stereocenters. The summed E-state index contributed by atoms with van der Waals surface area (Å²) in [7, 11) is 1.51. The molecule has 0 heterocycles. The van der Waals surface area contributed by atoms with Gasteiger partial charge in [0.15, 0.2) is 16.9 Å². The summed E-state index contributed by atoms with van der Waals surface area (Å²) in [6.07, 6.45) is 4.70. The number of esters is 2. The van der Waals surface area contributed by atoms with E-state index in [2.05, 4.69) is 6.92 Å². The summed E-state index contributed by atoms with van der Waals surface area (Å²) < 4.78 is 16.2. The molecule has 1 rings (SSSR count). The summed E-state index contributed by atoms with van der Waals surface area (Å²) in [5.41, 5.74) is -0.356. The van der Waals surface area contributed by atoms with Gasteiger partial charge in [0, 0.05) is 0 Å². The summed E-state index contributed by atoms with van der Waals surface area (Å²) in [6, 6.07) is 5.33. The van der Waals surface area contributed by atoms with Crippen molar-refractivity contribution >= 4 is 11.9 Å². The number of hydrogen-bond donors (Lipinski definition) is 0. The highest BCUT2D eigenvalue weighted by atomic mass is 16.6. The average Bonchev–Trinajstić information content (AvgIpc) is 2.63. The van der Waals surface area contributed by atoms with E-state index in [1.165, 1.54) is 7.11 Å². The largest absolute Gasteiger partial charge is 0.493 e. The summed E-state index contributed by atoms with van der Waals surface area (Å²) in [5.74, 6) is -0.321. The second-order valence-corrected chi connectivity index (χ2v) is 6.53. The van der Waals surface area contributed by atoms with E-state index in [-0.39, 0.29) is 0 Å². The molecular formula is C21H32O5. The highest BCUT2D eigenvalue weighted by Crippen LogP contribution is 2.34. The van der Waals surface area contributed by atoms with Crippen LogP contribution < -0.4 is 9.47 Å². The molecule has 0 saturated carbocycles. The van der Waals surface area contributed by atoms with Gasteiger partial charge in [0.05, 0.1) is 13.7 Å². The maximum Gasteiger partial charge on any atom is 0.328 e. The maximum absolute atomic E-state index is 12.9. The van der Waals surface area contributed by atoms with Crippen LogP contribution in [0.2, 0.25) is 0 Å². The Balaban J connectivity index is 2.88. The number of unbranched alkanes of at least 4 members (excludes halogenated alkanes) is 3. The number of rotatable bonds is 11. The number of carbonyl (C=O) groups is 2. The first-order valence-electron chi connectivity index (χ1n) is 9.49. The molecule has 1 aromatic rings. The third kappa shape index (κ3) is 5.48. The maximum atomic E-state index is 12.9.